The lowest BCUT2D eigenvalue weighted by Crippen LogP contribution is -2.40. The van der Waals surface area contributed by atoms with Gasteiger partial charge in [-0.1, -0.05) is 24.3 Å². The molecule has 1 aliphatic carbocycles. The standard InChI is InChI=1S/C24H25F3N2O2S/c1-32-20-8-3-2-7-18(20)22(31)29-11-9-23(10-12-29)14-19(23)21(30)28-15-16-5-4-6-17(13-16)24(25,26)27/h2-8,13,19H,9-12,14-15H2,1H3,(H,28,30). The van der Waals surface area contributed by atoms with Gasteiger partial charge < -0.3 is 10.2 Å². The van der Waals surface area contributed by atoms with E-state index < -0.39 is 11.7 Å². The fraction of sp³-hybridized carbons (Fsp3) is 0.417. The molecule has 1 unspecified atom stereocenters. The molecule has 2 aromatic carbocycles. The van der Waals surface area contributed by atoms with Gasteiger partial charge in [0.05, 0.1) is 11.1 Å². The summed E-state index contributed by atoms with van der Waals surface area (Å²) in [6.45, 7) is 1.29. The number of likely N-dealkylation sites (tertiary alicyclic amines) is 1. The summed E-state index contributed by atoms with van der Waals surface area (Å²) in [6.07, 6.45) is -0.152. The van der Waals surface area contributed by atoms with E-state index in [1.807, 2.05) is 35.4 Å². The van der Waals surface area contributed by atoms with Crippen molar-refractivity contribution in [1.29, 1.82) is 0 Å². The molecule has 4 nitrogen and oxygen atoms in total. The minimum atomic E-state index is -4.40. The number of alkyl halides is 3. The Kier molecular flexibility index (Phi) is 6.25. The molecule has 0 aromatic heterocycles. The van der Waals surface area contributed by atoms with Crippen LogP contribution in [0.15, 0.2) is 53.4 Å². The van der Waals surface area contributed by atoms with Crippen LogP contribution in [0, 0.1) is 11.3 Å². The zero-order chi connectivity index (χ0) is 22.9. The molecule has 8 heteroatoms. The van der Waals surface area contributed by atoms with Crippen LogP contribution >= 0.6 is 11.8 Å². The number of thioether (sulfide) groups is 1. The quantitative estimate of drug-likeness (QED) is 0.638. The molecule has 1 saturated carbocycles. The van der Waals surface area contributed by atoms with Crippen LogP contribution in [0.4, 0.5) is 13.2 Å². The maximum atomic E-state index is 12.9. The van der Waals surface area contributed by atoms with Gasteiger partial charge >= 0.3 is 6.18 Å². The number of hydrogen-bond acceptors (Lipinski definition) is 3. The molecule has 1 spiro atoms. The van der Waals surface area contributed by atoms with Crippen molar-refractivity contribution in [1.82, 2.24) is 10.2 Å². The van der Waals surface area contributed by atoms with E-state index in [0.29, 0.717) is 24.2 Å². The van der Waals surface area contributed by atoms with Gasteiger partial charge in [0, 0.05) is 30.4 Å². The zero-order valence-electron chi connectivity index (χ0n) is 17.7. The monoisotopic (exact) mass is 462 g/mol. The Morgan fingerprint density at radius 1 is 1.12 bits per heavy atom. The molecule has 1 N–H and O–H groups in total. The molecular formula is C24H25F3N2O2S. The Bertz CT molecular complexity index is 1020. The van der Waals surface area contributed by atoms with Crippen molar-refractivity contribution in [2.75, 3.05) is 19.3 Å². The smallest absolute Gasteiger partial charge is 0.352 e. The number of benzene rings is 2. The van der Waals surface area contributed by atoms with Crippen molar-refractivity contribution in [3.05, 3.63) is 65.2 Å². The minimum absolute atomic E-state index is 0.0241. The zero-order valence-corrected chi connectivity index (χ0v) is 18.6. The lowest BCUT2D eigenvalue weighted by Gasteiger charge is -2.33. The fourth-order valence-corrected chi connectivity index (χ4v) is 5.18. The van der Waals surface area contributed by atoms with Gasteiger partial charge in [0.2, 0.25) is 5.91 Å². The Morgan fingerprint density at radius 3 is 2.53 bits per heavy atom. The molecule has 0 radical (unpaired) electrons. The first-order valence-corrected chi connectivity index (χ1v) is 11.8. The Morgan fingerprint density at radius 2 is 1.84 bits per heavy atom. The van der Waals surface area contributed by atoms with Crippen molar-refractivity contribution < 1.29 is 22.8 Å². The summed E-state index contributed by atoms with van der Waals surface area (Å²) in [5, 5.41) is 2.80. The van der Waals surface area contributed by atoms with Gasteiger partial charge in [0.25, 0.3) is 5.91 Å². The highest BCUT2D eigenvalue weighted by atomic mass is 32.2. The van der Waals surface area contributed by atoms with Crippen LogP contribution in [0.1, 0.15) is 40.7 Å². The van der Waals surface area contributed by atoms with Crippen LogP contribution in [-0.2, 0) is 17.5 Å². The summed E-state index contributed by atoms with van der Waals surface area (Å²) in [4.78, 5) is 28.4. The predicted octanol–water partition coefficient (Wildman–Crippen LogP) is 4.99. The number of rotatable bonds is 5. The van der Waals surface area contributed by atoms with E-state index in [-0.39, 0.29) is 29.7 Å². The lowest BCUT2D eigenvalue weighted by molar-refractivity contribution is -0.137. The molecule has 1 atom stereocenters. The van der Waals surface area contributed by atoms with Crippen molar-refractivity contribution in [2.45, 2.75) is 36.9 Å². The summed E-state index contributed by atoms with van der Waals surface area (Å²) in [5.74, 6) is -0.227. The number of carbonyl (C=O) groups excluding carboxylic acids is 2. The maximum absolute atomic E-state index is 12.9. The highest BCUT2D eigenvalue weighted by Gasteiger charge is 2.58. The Balaban J connectivity index is 1.30. The lowest BCUT2D eigenvalue weighted by atomic mass is 9.90. The third kappa shape index (κ3) is 4.65. The third-order valence-electron chi connectivity index (χ3n) is 6.61. The van der Waals surface area contributed by atoms with Crippen LogP contribution in [0.25, 0.3) is 0 Å². The first-order valence-electron chi connectivity index (χ1n) is 10.6. The third-order valence-corrected chi connectivity index (χ3v) is 7.41. The summed E-state index contributed by atoms with van der Waals surface area (Å²) in [7, 11) is 0. The number of carbonyl (C=O) groups is 2. The number of piperidine rings is 1. The van der Waals surface area contributed by atoms with E-state index >= 15 is 0 Å². The fourth-order valence-electron chi connectivity index (χ4n) is 4.59. The molecule has 1 aliphatic heterocycles. The van der Waals surface area contributed by atoms with Crippen molar-refractivity contribution in [3.8, 4) is 0 Å². The summed E-state index contributed by atoms with van der Waals surface area (Å²) < 4.78 is 38.6. The minimum Gasteiger partial charge on any atom is -0.352 e. The van der Waals surface area contributed by atoms with Crippen LogP contribution in [-0.4, -0.2) is 36.1 Å². The highest BCUT2D eigenvalue weighted by Crippen LogP contribution is 2.59. The van der Waals surface area contributed by atoms with Crippen molar-refractivity contribution in [2.24, 2.45) is 11.3 Å². The van der Waals surface area contributed by atoms with Gasteiger partial charge in [-0.2, -0.15) is 13.2 Å². The second kappa shape index (κ2) is 8.81. The van der Waals surface area contributed by atoms with Crippen molar-refractivity contribution >= 4 is 23.6 Å². The Labute approximate surface area is 189 Å². The molecule has 4 rings (SSSR count). The summed E-state index contributed by atoms with van der Waals surface area (Å²) >= 11 is 1.55. The van der Waals surface area contributed by atoms with Gasteiger partial charge in [0.1, 0.15) is 0 Å². The first kappa shape index (κ1) is 22.7. The number of amides is 2. The maximum Gasteiger partial charge on any atom is 0.416 e. The van der Waals surface area contributed by atoms with E-state index in [4.69, 9.17) is 0 Å². The van der Waals surface area contributed by atoms with Crippen LogP contribution in [0.5, 0.6) is 0 Å². The molecule has 32 heavy (non-hydrogen) atoms. The van der Waals surface area contributed by atoms with E-state index in [1.165, 1.54) is 6.07 Å². The highest BCUT2D eigenvalue weighted by molar-refractivity contribution is 7.98. The second-order valence-corrected chi connectivity index (χ2v) is 9.38. The number of nitrogens with one attached hydrogen (secondary N) is 1. The van der Waals surface area contributed by atoms with Gasteiger partial charge in [0.15, 0.2) is 0 Å². The molecular weight excluding hydrogens is 437 g/mol. The van der Waals surface area contributed by atoms with Crippen LogP contribution < -0.4 is 5.32 Å². The van der Waals surface area contributed by atoms with Gasteiger partial charge in [-0.15, -0.1) is 11.8 Å². The average Bonchev–Trinajstić information content (AvgIpc) is 3.50. The first-order chi connectivity index (χ1) is 15.2. The molecule has 2 aliphatic rings. The second-order valence-electron chi connectivity index (χ2n) is 8.53. The van der Waals surface area contributed by atoms with E-state index in [9.17, 15) is 22.8 Å². The topological polar surface area (TPSA) is 49.4 Å². The summed E-state index contributed by atoms with van der Waals surface area (Å²) in [6, 6.07) is 12.6. The number of hydrogen-bond donors (Lipinski definition) is 1. The number of halogens is 3. The molecule has 2 aromatic rings. The molecule has 1 heterocycles. The van der Waals surface area contributed by atoms with Gasteiger partial charge in [-0.25, -0.2) is 0 Å². The van der Waals surface area contributed by atoms with Gasteiger partial charge in [-0.3, -0.25) is 9.59 Å². The molecule has 2 fully saturated rings. The van der Waals surface area contributed by atoms with E-state index in [0.717, 1.165) is 36.3 Å². The van der Waals surface area contributed by atoms with E-state index in [1.54, 1.807) is 17.8 Å². The molecule has 1 saturated heterocycles. The predicted molar refractivity (Wildman–Crippen MR) is 117 cm³/mol. The summed E-state index contributed by atoms with van der Waals surface area (Å²) in [5.41, 5.74) is 0.332. The Hall–Kier alpha value is -2.48. The largest absolute Gasteiger partial charge is 0.416 e. The average molecular weight is 463 g/mol. The van der Waals surface area contributed by atoms with Crippen LogP contribution in [0.3, 0.4) is 0 Å². The SMILES string of the molecule is CSc1ccccc1C(=O)N1CCC2(CC1)CC2C(=O)NCc1cccc(C(F)(F)F)c1. The van der Waals surface area contributed by atoms with Crippen molar-refractivity contribution in [3.63, 3.8) is 0 Å². The van der Waals surface area contributed by atoms with Gasteiger partial charge in [-0.05, 0) is 60.8 Å². The molecule has 0 bridgehead atoms. The molecule has 170 valence electrons. The molecule has 2 amide bonds. The normalized spacial score (nSPS) is 19.6. The van der Waals surface area contributed by atoms with E-state index in [2.05, 4.69) is 5.32 Å². The van der Waals surface area contributed by atoms with Crippen LogP contribution in [0.2, 0.25) is 0 Å². The number of nitrogens with zero attached hydrogens (tertiary/aromatic N) is 1.